The van der Waals surface area contributed by atoms with E-state index < -0.39 is 0 Å². The van der Waals surface area contributed by atoms with Crippen LogP contribution in [0.2, 0.25) is 0 Å². The fourth-order valence-electron chi connectivity index (χ4n) is 1.72. The Bertz CT molecular complexity index is 582. The van der Waals surface area contributed by atoms with Crippen molar-refractivity contribution in [1.29, 1.82) is 0 Å². The third-order valence-corrected chi connectivity index (χ3v) is 2.93. The monoisotopic (exact) mass is 288 g/mol. The summed E-state index contributed by atoms with van der Waals surface area (Å²) in [4.78, 5) is 11.6. The number of amides is 1. The zero-order chi connectivity index (χ0) is 15.1. The third-order valence-electron chi connectivity index (χ3n) is 2.93. The lowest BCUT2D eigenvalue weighted by atomic mass is 10.2. The minimum absolute atomic E-state index is 0.0663. The van der Waals surface area contributed by atoms with E-state index >= 15 is 0 Å². The highest BCUT2D eigenvalue weighted by Gasteiger charge is 2.03. The fraction of sp³-hybridized carbons (Fsp3) is 0.188. The molecule has 0 saturated carbocycles. The van der Waals surface area contributed by atoms with Gasteiger partial charge in [-0.05, 0) is 35.4 Å². The highest BCUT2D eigenvalue weighted by atomic mass is 19.1. The second-order valence-corrected chi connectivity index (χ2v) is 4.54. The summed E-state index contributed by atoms with van der Waals surface area (Å²) in [5, 5.41) is 2.70. The molecule has 21 heavy (non-hydrogen) atoms. The van der Waals surface area contributed by atoms with Gasteiger partial charge in [-0.25, -0.2) is 4.39 Å². The number of benzene rings is 2. The number of carbonyl (C=O) groups is 1. The van der Waals surface area contributed by atoms with E-state index in [1.54, 1.807) is 24.3 Å². The number of rotatable bonds is 6. The summed E-state index contributed by atoms with van der Waals surface area (Å²) in [5.41, 5.74) is 7.33. The van der Waals surface area contributed by atoms with E-state index in [1.807, 2.05) is 12.1 Å². The summed E-state index contributed by atoms with van der Waals surface area (Å²) >= 11 is 0. The van der Waals surface area contributed by atoms with Crippen LogP contribution >= 0.6 is 0 Å². The van der Waals surface area contributed by atoms with Gasteiger partial charge in [0.05, 0.1) is 0 Å². The number of hydrogen-bond donors (Lipinski definition) is 2. The topological polar surface area (TPSA) is 64.3 Å². The SMILES string of the molecule is NCc1ccc(OCC(=O)NCc2ccc(F)cc2)cc1. The van der Waals surface area contributed by atoms with Gasteiger partial charge in [-0.15, -0.1) is 0 Å². The first-order valence-corrected chi connectivity index (χ1v) is 6.60. The molecule has 4 nitrogen and oxygen atoms in total. The van der Waals surface area contributed by atoms with E-state index in [0.717, 1.165) is 11.1 Å². The number of nitrogens with two attached hydrogens (primary N) is 1. The van der Waals surface area contributed by atoms with Gasteiger partial charge >= 0.3 is 0 Å². The van der Waals surface area contributed by atoms with Crippen molar-refractivity contribution in [3.05, 3.63) is 65.5 Å². The Morgan fingerprint density at radius 2 is 1.67 bits per heavy atom. The average Bonchev–Trinajstić information content (AvgIpc) is 2.53. The molecule has 0 aromatic heterocycles. The predicted octanol–water partition coefficient (Wildman–Crippen LogP) is 1.98. The molecule has 0 fully saturated rings. The quantitative estimate of drug-likeness (QED) is 0.854. The van der Waals surface area contributed by atoms with Crippen molar-refractivity contribution < 1.29 is 13.9 Å². The van der Waals surface area contributed by atoms with Crippen molar-refractivity contribution in [2.75, 3.05) is 6.61 Å². The smallest absolute Gasteiger partial charge is 0.258 e. The Balaban J connectivity index is 1.75. The van der Waals surface area contributed by atoms with Crippen LogP contribution in [-0.2, 0) is 17.9 Å². The number of halogens is 1. The molecule has 0 atom stereocenters. The van der Waals surface area contributed by atoms with E-state index in [0.29, 0.717) is 18.8 Å². The Kier molecular flexibility index (Phi) is 5.29. The summed E-state index contributed by atoms with van der Waals surface area (Å²) in [6, 6.07) is 13.2. The molecule has 110 valence electrons. The summed E-state index contributed by atoms with van der Waals surface area (Å²) in [7, 11) is 0. The molecule has 2 rings (SSSR count). The van der Waals surface area contributed by atoms with Crippen LogP contribution in [0.5, 0.6) is 5.75 Å². The van der Waals surface area contributed by atoms with Crippen LogP contribution in [0.3, 0.4) is 0 Å². The minimum atomic E-state index is -0.297. The molecule has 5 heteroatoms. The summed E-state index contributed by atoms with van der Waals surface area (Å²) in [6.07, 6.45) is 0. The molecular formula is C16H17FN2O2. The third kappa shape index (κ3) is 4.89. The molecule has 0 aliphatic heterocycles. The first kappa shape index (κ1) is 15.0. The molecule has 0 saturated heterocycles. The Labute approximate surface area is 122 Å². The molecule has 0 unspecified atom stereocenters. The molecule has 0 bridgehead atoms. The molecule has 2 aromatic carbocycles. The van der Waals surface area contributed by atoms with Gasteiger partial charge in [-0.2, -0.15) is 0 Å². The van der Waals surface area contributed by atoms with Gasteiger partial charge in [0.2, 0.25) is 0 Å². The second-order valence-electron chi connectivity index (χ2n) is 4.54. The average molecular weight is 288 g/mol. The number of carbonyl (C=O) groups excluding carboxylic acids is 1. The molecule has 0 heterocycles. The van der Waals surface area contributed by atoms with Crippen molar-refractivity contribution in [3.63, 3.8) is 0 Å². The van der Waals surface area contributed by atoms with Crippen LogP contribution in [0, 0.1) is 5.82 Å². The van der Waals surface area contributed by atoms with Gasteiger partial charge in [0.15, 0.2) is 6.61 Å². The van der Waals surface area contributed by atoms with Gasteiger partial charge in [0.1, 0.15) is 11.6 Å². The second kappa shape index (κ2) is 7.40. The highest BCUT2D eigenvalue weighted by Crippen LogP contribution is 2.11. The minimum Gasteiger partial charge on any atom is -0.484 e. The van der Waals surface area contributed by atoms with Crippen LogP contribution in [0.25, 0.3) is 0 Å². The number of ether oxygens (including phenoxy) is 1. The van der Waals surface area contributed by atoms with Crippen molar-refractivity contribution >= 4 is 5.91 Å². The Morgan fingerprint density at radius 3 is 2.29 bits per heavy atom. The number of nitrogens with one attached hydrogen (secondary N) is 1. The van der Waals surface area contributed by atoms with E-state index in [4.69, 9.17) is 10.5 Å². The number of hydrogen-bond acceptors (Lipinski definition) is 3. The van der Waals surface area contributed by atoms with E-state index in [-0.39, 0.29) is 18.3 Å². The normalized spacial score (nSPS) is 10.2. The molecule has 3 N–H and O–H groups in total. The highest BCUT2D eigenvalue weighted by molar-refractivity contribution is 5.77. The lowest BCUT2D eigenvalue weighted by molar-refractivity contribution is -0.123. The summed E-state index contributed by atoms with van der Waals surface area (Å²) in [5.74, 6) is 0.0840. The van der Waals surface area contributed by atoms with Crippen LogP contribution in [0.1, 0.15) is 11.1 Å². The van der Waals surface area contributed by atoms with Crippen LogP contribution in [0.4, 0.5) is 4.39 Å². The van der Waals surface area contributed by atoms with Crippen molar-refractivity contribution in [1.82, 2.24) is 5.32 Å². The molecule has 0 aliphatic rings. The molecule has 0 aliphatic carbocycles. The Hall–Kier alpha value is -2.40. The van der Waals surface area contributed by atoms with Crippen LogP contribution in [-0.4, -0.2) is 12.5 Å². The fourth-order valence-corrected chi connectivity index (χ4v) is 1.72. The molecule has 0 spiro atoms. The first-order chi connectivity index (χ1) is 10.2. The van der Waals surface area contributed by atoms with Gasteiger partial charge in [0, 0.05) is 13.1 Å². The lowest BCUT2D eigenvalue weighted by Crippen LogP contribution is -2.28. The molecule has 2 aromatic rings. The van der Waals surface area contributed by atoms with E-state index in [9.17, 15) is 9.18 Å². The first-order valence-electron chi connectivity index (χ1n) is 6.60. The molecular weight excluding hydrogens is 271 g/mol. The van der Waals surface area contributed by atoms with Crippen LogP contribution in [0.15, 0.2) is 48.5 Å². The Morgan fingerprint density at radius 1 is 1.05 bits per heavy atom. The largest absolute Gasteiger partial charge is 0.484 e. The maximum absolute atomic E-state index is 12.7. The molecule has 1 amide bonds. The standard InChI is InChI=1S/C16H17FN2O2/c17-14-5-1-13(2-6-14)10-19-16(20)11-21-15-7-3-12(9-18)4-8-15/h1-8H,9-11,18H2,(H,19,20). The van der Waals surface area contributed by atoms with Crippen molar-refractivity contribution in [2.24, 2.45) is 5.73 Å². The maximum Gasteiger partial charge on any atom is 0.258 e. The predicted molar refractivity (Wildman–Crippen MR) is 78.1 cm³/mol. The van der Waals surface area contributed by atoms with Gasteiger partial charge in [0.25, 0.3) is 5.91 Å². The van der Waals surface area contributed by atoms with Crippen molar-refractivity contribution in [2.45, 2.75) is 13.1 Å². The summed E-state index contributed by atoms with van der Waals surface area (Å²) < 4.78 is 18.1. The zero-order valence-corrected chi connectivity index (χ0v) is 11.5. The van der Waals surface area contributed by atoms with Gasteiger partial charge in [-0.1, -0.05) is 24.3 Å². The maximum atomic E-state index is 12.7. The zero-order valence-electron chi connectivity index (χ0n) is 11.5. The van der Waals surface area contributed by atoms with E-state index in [1.165, 1.54) is 12.1 Å². The van der Waals surface area contributed by atoms with Crippen LogP contribution < -0.4 is 15.8 Å². The lowest BCUT2D eigenvalue weighted by Gasteiger charge is -2.08. The van der Waals surface area contributed by atoms with Gasteiger partial charge in [-0.3, -0.25) is 4.79 Å². The van der Waals surface area contributed by atoms with E-state index in [2.05, 4.69) is 5.32 Å². The van der Waals surface area contributed by atoms with Crippen molar-refractivity contribution in [3.8, 4) is 5.75 Å². The molecule has 0 radical (unpaired) electrons. The van der Waals surface area contributed by atoms with Gasteiger partial charge < -0.3 is 15.8 Å². The summed E-state index contributed by atoms with van der Waals surface area (Å²) in [6.45, 7) is 0.746.